The van der Waals surface area contributed by atoms with Crippen molar-refractivity contribution in [2.75, 3.05) is 0 Å². The van der Waals surface area contributed by atoms with Crippen molar-refractivity contribution in [1.29, 1.82) is 0 Å². The number of hydrogen-bond donors (Lipinski definition) is 0. The third-order valence-corrected chi connectivity index (χ3v) is 3.10. The Bertz CT molecular complexity index is 743. The SMILES string of the molecule is O=Nc1ccc(/C=C2\C=C(c3ccccc3)OC2=O)cc1. The van der Waals surface area contributed by atoms with Crippen molar-refractivity contribution in [2.45, 2.75) is 0 Å². The van der Waals surface area contributed by atoms with Crippen LogP contribution in [0.2, 0.25) is 0 Å². The van der Waals surface area contributed by atoms with E-state index in [1.54, 1.807) is 36.4 Å². The van der Waals surface area contributed by atoms with Crippen LogP contribution < -0.4 is 0 Å². The highest BCUT2D eigenvalue weighted by molar-refractivity contribution is 6.05. The van der Waals surface area contributed by atoms with Crippen LogP contribution in [-0.4, -0.2) is 5.97 Å². The lowest BCUT2D eigenvalue weighted by Crippen LogP contribution is -1.96. The van der Waals surface area contributed by atoms with Gasteiger partial charge in [0.2, 0.25) is 0 Å². The average molecular weight is 277 g/mol. The first-order chi connectivity index (χ1) is 10.3. The maximum Gasteiger partial charge on any atom is 0.343 e. The molecule has 1 aliphatic rings. The van der Waals surface area contributed by atoms with Gasteiger partial charge in [-0.1, -0.05) is 42.5 Å². The second-order valence-corrected chi connectivity index (χ2v) is 4.55. The van der Waals surface area contributed by atoms with E-state index >= 15 is 0 Å². The summed E-state index contributed by atoms with van der Waals surface area (Å²) >= 11 is 0. The Balaban J connectivity index is 1.91. The fourth-order valence-electron chi connectivity index (χ4n) is 2.04. The lowest BCUT2D eigenvalue weighted by molar-refractivity contribution is -0.130. The number of benzene rings is 2. The number of cyclic esters (lactones) is 1. The molecule has 0 aromatic heterocycles. The first-order valence-electron chi connectivity index (χ1n) is 6.41. The quantitative estimate of drug-likeness (QED) is 0.483. The van der Waals surface area contributed by atoms with E-state index in [4.69, 9.17) is 4.74 Å². The van der Waals surface area contributed by atoms with E-state index in [1.165, 1.54) is 0 Å². The van der Waals surface area contributed by atoms with Gasteiger partial charge in [-0.2, -0.15) is 0 Å². The van der Waals surface area contributed by atoms with Gasteiger partial charge in [0, 0.05) is 5.56 Å². The lowest BCUT2D eigenvalue weighted by atomic mass is 10.1. The molecule has 2 aromatic rings. The van der Waals surface area contributed by atoms with Crippen molar-refractivity contribution in [2.24, 2.45) is 5.18 Å². The standard InChI is InChI=1S/C17H11NO3/c19-17-14(10-12-6-8-15(18-20)9-7-12)11-16(21-17)13-4-2-1-3-5-13/h1-11H/b14-10+. The van der Waals surface area contributed by atoms with Gasteiger partial charge in [-0.15, -0.1) is 4.91 Å². The van der Waals surface area contributed by atoms with Crippen LogP contribution in [0.15, 0.2) is 71.4 Å². The Morgan fingerprint density at radius 3 is 2.33 bits per heavy atom. The molecule has 0 fully saturated rings. The summed E-state index contributed by atoms with van der Waals surface area (Å²) in [5.74, 6) is 0.157. The molecule has 0 unspecified atom stereocenters. The Kier molecular flexibility index (Phi) is 3.43. The third-order valence-electron chi connectivity index (χ3n) is 3.10. The summed E-state index contributed by atoms with van der Waals surface area (Å²) in [4.78, 5) is 22.2. The Hall–Kier alpha value is -3.01. The number of rotatable bonds is 3. The van der Waals surface area contributed by atoms with Crippen LogP contribution >= 0.6 is 0 Å². The summed E-state index contributed by atoms with van der Waals surface area (Å²) in [6, 6.07) is 16.1. The summed E-state index contributed by atoms with van der Waals surface area (Å²) in [6.07, 6.45) is 3.43. The minimum absolute atomic E-state index is 0.353. The summed E-state index contributed by atoms with van der Waals surface area (Å²) in [5, 5.41) is 2.84. The highest BCUT2D eigenvalue weighted by Gasteiger charge is 2.21. The number of hydrogen-bond acceptors (Lipinski definition) is 4. The zero-order valence-electron chi connectivity index (χ0n) is 11.0. The zero-order chi connectivity index (χ0) is 14.7. The second-order valence-electron chi connectivity index (χ2n) is 4.55. The number of ether oxygens (including phenoxy) is 1. The van der Waals surface area contributed by atoms with Crippen LogP contribution in [0.25, 0.3) is 11.8 Å². The molecule has 1 heterocycles. The summed E-state index contributed by atoms with van der Waals surface area (Å²) in [5.41, 5.74) is 2.49. The van der Waals surface area contributed by atoms with E-state index in [1.807, 2.05) is 30.3 Å². The number of carbonyl (C=O) groups excluding carboxylic acids is 1. The molecule has 3 rings (SSSR count). The van der Waals surface area contributed by atoms with Crippen LogP contribution in [0.1, 0.15) is 11.1 Å². The summed E-state index contributed by atoms with van der Waals surface area (Å²) in [7, 11) is 0. The smallest absolute Gasteiger partial charge is 0.343 e. The number of carbonyl (C=O) groups is 1. The summed E-state index contributed by atoms with van der Waals surface area (Å²) in [6.45, 7) is 0. The molecule has 0 atom stereocenters. The molecule has 0 saturated heterocycles. The summed E-state index contributed by atoms with van der Waals surface area (Å²) < 4.78 is 5.26. The first kappa shape index (κ1) is 13.0. The van der Waals surface area contributed by atoms with Gasteiger partial charge < -0.3 is 4.74 Å². The van der Waals surface area contributed by atoms with Gasteiger partial charge in [0.05, 0.1) is 5.57 Å². The van der Waals surface area contributed by atoms with Gasteiger partial charge in [0.1, 0.15) is 11.4 Å². The van der Waals surface area contributed by atoms with Gasteiger partial charge in [-0.3, -0.25) is 0 Å². The Morgan fingerprint density at radius 2 is 1.67 bits per heavy atom. The van der Waals surface area contributed by atoms with Gasteiger partial charge in [0.25, 0.3) is 0 Å². The molecule has 0 radical (unpaired) electrons. The van der Waals surface area contributed by atoms with Gasteiger partial charge >= 0.3 is 5.97 Å². The lowest BCUT2D eigenvalue weighted by Gasteiger charge is -2.00. The van der Waals surface area contributed by atoms with Crippen LogP contribution in [-0.2, 0) is 9.53 Å². The maximum absolute atomic E-state index is 11.9. The molecule has 102 valence electrons. The fourth-order valence-corrected chi connectivity index (χ4v) is 2.04. The van der Waals surface area contributed by atoms with Crippen LogP contribution in [0.4, 0.5) is 5.69 Å². The maximum atomic E-state index is 11.9. The molecule has 0 N–H and O–H groups in total. The molecule has 0 bridgehead atoms. The van der Waals surface area contributed by atoms with Crippen LogP contribution in [0.5, 0.6) is 0 Å². The molecule has 4 heteroatoms. The molecule has 0 aliphatic carbocycles. The predicted molar refractivity (Wildman–Crippen MR) is 80.4 cm³/mol. The van der Waals surface area contributed by atoms with Crippen molar-refractivity contribution in [3.8, 4) is 0 Å². The monoisotopic (exact) mass is 277 g/mol. The molecule has 0 amide bonds. The van der Waals surface area contributed by atoms with E-state index < -0.39 is 0 Å². The predicted octanol–water partition coefficient (Wildman–Crippen LogP) is 4.07. The third kappa shape index (κ3) is 2.79. The number of nitroso groups, excluding NO2 is 1. The molecule has 0 saturated carbocycles. The Morgan fingerprint density at radius 1 is 0.952 bits per heavy atom. The zero-order valence-corrected chi connectivity index (χ0v) is 11.0. The van der Waals surface area contributed by atoms with Crippen molar-refractivity contribution >= 4 is 23.5 Å². The first-order valence-corrected chi connectivity index (χ1v) is 6.41. The number of esters is 1. The minimum atomic E-state index is -0.383. The van der Waals surface area contributed by atoms with Crippen molar-refractivity contribution in [3.05, 3.63) is 82.3 Å². The van der Waals surface area contributed by atoms with E-state index in [0.29, 0.717) is 17.0 Å². The van der Waals surface area contributed by atoms with Crippen molar-refractivity contribution in [1.82, 2.24) is 0 Å². The highest BCUT2D eigenvalue weighted by atomic mass is 16.5. The van der Waals surface area contributed by atoms with Crippen molar-refractivity contribution in [3.63, 3.8) is 0 Å². The fraction of sp³-hybridized carbons (Fsp3) is 0. The molecular formula is C17H11NO3. The molecule has 2 aromatic carbocycles. The van der Waals surface area contributed by atoms with Gasteiger partial charge in [-0.25, -0.2) is 4.79 Å². The van der Waals surface area contributed by atoms with E-state index in [-0.39, 0.29) is 5.97 Å². The van der Waals surface area contributed by atoms with Crippen molar-refractivity contribution < 1.29 is 9.53 Å². The Labute approximate surface area is 121 Å². The highest BCUT2D eigenvalue weighted by Crippen LogP contribution is 2.27. The molecule has 21 heavy (non-hydrogen) atoms. The average Bonchev–Trinajstić information content (AvgIpc) is 2.90. The second kappa shape index (κ2) is 5.54. The number of nitrogens with zero attached hydrogens (tertiary/aromatic N) is 1. The van der Waals surface area contributed by atoms with Gasteiger partial charge in [-0.05, 0) is 35.0 Å². The topological polar surface area (TPSA) is 55.7 Å². The molecule has 1 aliphatic heterocycles. The largest absolute Gasteiger partial charge is 0.422 e. The molecule has 4 nitrogen and oxygen atoms in total. The van der Waals surface area contributed by atoms with Gasteiger partial charge in [0.15, 0.2) is 0 Å². The normalized spacial score (nSPS) is 15.7. The van der Waals surface area contributed by atoms with E-state index in [0.717, 1.165) is 11.1 Å². The van der Waals surface area contributed by atoms with E-state index in [2.05, 4.69) is 5.18 Å². The molecular weight excluding hydrogens is 266 g/mol. The minimum Gasteiger partial charge on any atom is -0.422 e. The van der Waals surface area contributed by atoms with Crippen LogP contribution in [0, 0.1) is 4.91 Å². The van der Waals surface area contributed by atoms with E-state index in [9.17, 15) is 9.70 Å². The van der Waals surface area contributed by atoms with Crippen LogP contribution in [0.3, 0.4) is 0 Å². The molecule has 0 spiro atoms.